The van der Waals surface area contributed by atoms with Gasteiger partial charge in [0.2, 0.25) is 0 Å². The van der Waals surface area contributed by atoms with Gasteiger partial charge in [0.1, 0.15) is 11.3 Å². The molecule has 166 valence electrons. The van der Waals surface area contributed by atoms with E-state index in [-0.39, 0.29) is 21.8 Å². The summed E-state index contributed by atoms with van der Waals surface area (Å²) >= 11 is 3.26. The summed E-state index contributed by atoms with van der Waals surface area (Å²) < 4.78 is 32.2. The Labute approximate surface area is 191 Å². The molecule has 1 saturated heterocycles. The first-order valence-electron chi connectivity index (χ1n) is 10.1. The predicted octanol–water partition coefficient (Wildman–Crippen LogP) is 4.63. The van der Waals surface area contributed by atoms with Gasteiger partial charge in [-0.25, -0.2) is 13.2 Å². The molecule has 2 aromatic rings. The molecule has 0 saturated carbocycles. The largest absolute Gasteiger partial charge is 0.495 e. The third kappa shape index (κ3) is 5.75. The van der Waals surface area contributed by atoms with Crippen molar-refractivity contribution in [1.29, 1.82) is 0 Å². The normalized spacial score (nSPS) is 15.3. The number of nitrogens with zero attached hydrogens (tertiary/aromatic N) is 1. The van der Waals surface area contributed by atoms with Crippen molar-refractivity contribution in [2.75, 3.05) is 26.7 Å². The first kappa shape index (κ1) is 23.5. The van der Waals surface area contributed by atoms with Crippen LogP contribution >= 0.6 is 15.9 Å². The predicted molar refractivity (Wildman–Crippen MR) is 124 cm³/mol. The number of carboxylic acids is 1. The molecule has 2 aromatic carbocycles. The quantitative estimate of drug-likeness (QED) is 0.560. The molecule has 1 fully saturated rings. The number of hydrogen-bond acceptors (Lipinski definition) is 5. The van der Waals surface area contributed by atoms with E-state index in [0.29, 0.717) is 10.0 Å². The van der Waals surface area contributed by atoms with Gasteiger partial charge in [0.05, 0.1) is 22.2 Å². The number of hydrogen-bond donors (Lipinski definition) is 1. The van der Waals surface area contributed by atoms with Gasteiger partial charge in [-0.15, -0.1) is 0 Å². The lowest BCUT2D eigenvalue weighted by Gasteiger charge is -2.24. The maximum Gasteiger partial charge on any atom is 0.339 e. The molecule has 0 bridgehead atoms. The average molecular weight is 508 g/mol. The highest BCUT2D eigenvalue weighted by molar-refractivity contribution is 9.10. The van der Waals surface area contributed by atoms with Gasteiger partial charge in [0.15, 0.2) is 9.84 Å². The van der Waals surface area contributed by atoms with E-state index in [2.05, 4.69) is 20.8 Å². The second kappa shape index (κ2) is 10.4. The van der Waals surface area contributed by atoms with Gasteiger partial charge < -0.3 is 9.84 Å². The van der Waals surface area contributed by atoms with Gasteiger partial charge in [-0.2, -0.15) is 0 Å². The first-order chi connectivity index (χ1) is 14.8. The standard InChI is InChI=1S/C23H26BrNO5S/c1-30-22-19(24)12-11-18(21(22)23(26)27)16-31(28,29)20-10-4-3-8-17(20)9-7-15-25-13-5-2-6-14-25/h3-4,7-12H,2,5-6,13-16H2,1H3,(H,26,27). The fourth-order valence-corrected chi connectivity index (χ4v) is 5.89. The minimum Gasteiger partial charge on any atom is -0.495 e. The van der Waals surface area contributed by atoms with Crippen LogP contribution in [0.15, 0.2) is 51.8 Å². The summed E-state index contributed by atoms with van der Waals surface area (Å²) in [6.45, 7) is 2.91. The zero-order valence-corrected chi connectivity index (χ0v) is 19.8. The second-order valence-electron chi connectivity index (χ2n) is 7.48. The Hall–Kier alpha value is -2.16. The SMILES string of the molecule is COc1c(Br)ccc(CS(=O)(=O)c2ccccc2C=CCN2CCCCC2)c1C(=O)O. The number of halogens is 1. The third-order valence-electron chi connectivity index (χ3n) is 5.32. The van der Waals surface area contributed by atoms with E-state index in [1.54, 1.807) is 30.3 Å². The molecular weight excluding hydrogens is 482 g/mol. The number of carbonyl (C=O) groups is 1. The Kier molecular flexibility index (Phi) is 7.91. The molecule has 0 amide bonds. The van der Waals surface area contributed by atoms with Crippen LogP contribution < -0.4 is 4.74 Å². The summed E-state index contributed by atoms with van der Waals surface area (Å²) in [5, 5.41) is 9.65. The number of piperidine rings is 1. The number of likely N-dealkylation sites (tertiary alicyclic amines) is 1. The van der Waals surface area contributed by atoms with Crippen LogP contribution in [0.1, 0.15) is 40.7 Å². The molecule has 1 N–H and O–H groups in total. The van der Waals surface area contributed by atoms with Crippen LogP contribution in [-0.4, -0.2) is 51.1 Å². The van der Waals surface area contributed by atoms with Crippen molar-refractivity contribution in [2.24, 2.45) is 0 Å². The lowest BCUT2D eigenvalue weighted by Crippen LogP contribution is -2.29. The van der Waals surface area contributed by atoms with E-state index in [9.17, 15) is 18.3 Å². The first-order valence-corrected chi connectivity index (χ1v) is 12.6. The number of carboxylic acid groups (broad SMARTS) is 1. The molecule has 31 heavy (non-hydrogen) atoms. The Bertz CT molecular complexity index is 1080. The number of methoxy groups -OCH3 is 1. The minimum absolute atomic E-state index is 0.106. The summed E-state index contributed by atoms with van der Waals surface area (Å²) in [5.74, 6) is -1.57. The van der Waals surface area contributed by atoms with E-state index < -0.39 is 21.6 Å². The van der Waals surface area contributed by atoms with Crippen molar-refractivity contribution >= 4 is 37.8 Å². The number of sulfone groups is 1. The lowest BCUT2D eigenvalue weighted by atomic mass is 10.1. The Morgan fingerprint density at radius 2 is 1.87 bits per heavy atom. The molecule has 0 aliphatic carbocycles. The Morgan fingerprint density at radius 1 is 1.16 bits per heavy atom. The summed E-state index contributed by atoms with van der Waals surface area (Å²) in [4.78, 5) is 14.4. The zero-order valence-electron chi connectivity index (χ0n) is 17.4. The molecule has 0 atom stereocenters. The molecule has 3 rings (SSSR count). The van der Waals surface area contributed by atoms with Crippen LogP contribution in [0.3, 0.4) is 0 Å². The molecule has 1 aliphatic rings. The van der Waals surface area contributed by atoms with Crippen molar-refractivity contribution in [3.8, 4) is 5.75 Å². The van der Waals surface area contributed by atoms with E-state index in [1.165, 1.54) is 32.4 Å². The fourth-order valence-electron chi connectivity index (χ4n) is 3.81. The molecule has 0 spiro atoms. The molecule has 0 radical (unpaired) electrons. The van der Waals surface area contributed by atoms with Crippen LogP contribution in [0.4, 0.5) is 0 Å². The van der Waals surface area contributed by atoms with Gasteiger partial charge in [0.25, 0.3) is 0 Å². The van der Waals surface area contributed by atoms with Crippen molar-refractivity contribution < 1.29 is 23.1 Å². The van der Waals surface area contributed by atoms with Crippen molar-refractivity contribution in [1.82, 2.24) is 4.90 Å². The van der Waals surface area contributed by atoms with Crippen molar-refractivity contribution in [3.63, 3.8) is 0 Å². The van der Waals surface area contributed by atoms with E-state index in [1.807, 2.05) is 12.2 Å². The summed E-state index contributed by atoms with van der Waals surface area (Å²) in [6, 6.07) is 9.90. The van der Waals surface area contributed by atoms with Crippen LogP contribution in [0.2, 0.25) is 0 Å². The maximum absolute atomic E-state index is 13.3. The number of rotatable bonds is 8. The molecule has 0 aromatic heterocycles. The summed E-state index contributed by atoms with van der Waals surface area (Å²) in [7, 11) is -2.44. The molecule has 6 nitrogen and oxygen atoms in total. The van der Waals surface area contributed by atoms with Gasteiger partial charge in [-0.3, -0.25) is 4.90 Å². The molecule has 8 heteroatoms. The highest BCUT2D eigenvalue weighted by Gasteiger charge is 2.25. The minimum atomic E-state index is -3.79. The monoisotopic (exact) mass is 507 g/mol. The van der Waals surface area contributed by atoms with Crippen LogP contribution in [-0.2, 0) is 15.6 Å². The smallest absolute Gasteiger partial charge is 0.339 e. The summed E-state index contributed by atoms with van der Waals surface area (Å²) in [6.07, 6.45) is 7.48. The second-order valence-corrected chi connectivity index (χ2v) is 10.3. The fraction of sp³-hybridized carbons (Fsp3) is 0.348. The third-order valence-corrected chi connectivity index (χ3v) is 7.68. The molecule has 0 unspecified atom stereocenters. The highest BCUT2D eigenvalue weighted by Crippen LogP contribution is 2.33. The van der Waals surface area contributed by atoms with Gasteiger partial charge >= 0.3 is 5.97 Å². The average Bonchev–Trinajstić information content (AvgIpc) is 2.75. The molecule has 1 aliphatic heterocycles. The van der Waals surface area contributed by atoms with Crippen LogP contribution in [0, 0.1) is 0 Å². The maximum atomic E-state index is 13.3. The van der Waals surface area contributed by atoms with Gasteiger partial charge in [-0.05, 0) is 65.1 Å². The van der Waals surface area contributed by atoms with Gasteiger partial charge in [0, 0.05) is 6.54 Å². The van der Waals surface area contributed by atoms with Crippen molar-refractivity contribution in [3.05, 3.63) is 63.6 Å². The van der Waals surface area contributed by atoms with E-state index in [0.717, 1.165) is 19.6 Å². The van der Waals surface area contributed by atoms with Crippen LogP contribution in [0.25, 0.3) is 6.08 Å². The van der Waals surface area contributed by atoms with E-state index in [4.69, 9.17) is 4.74 Å². The van der Waals surface area contributed by atoms with Crippen molar-refractivity contribution in [2.45, 2.75) is 29.9 Å². The summed E-state index contributed by atoms with van der Waals surface area (Å²) in [5.41, 5.74) is 0.624. The Morgan fingerprint density at radius 3 is 2.55 bits per heavy atom. The highest BCUT2D eigenvalue weighted by atomic mass is 79.9. The Balaban J connectivity index is 1.89. The van der Waals surface area contributed by atoms with Crippen LogP contribution in [0.5, 0.6) is 5.75 Å². The number of aromatic carboxylic acids is 1. The number of ether oxygens (including phenoxy) is 1. The zero-order chi connectivity index (χ0) is 22.4. The van der Waals surface area contributed by atoms with E-state index >= 15 is 0 Å². The number of benzene rings is 2. The lowest BCUT2D eigenvalue weighted by molar-refractivity contribution is 0.0692. The molecular formula is C23H26BrNO5S. The topological polar surface area (TPSA) is 83.9 Å². The van der Waals surface area contributed by atoms with Gasteiger partial charge in [-0.1, -0.05) is 42.8 Å². The molecule has 1 heterocycles.